The van der Waals surface area contributed by atoms with Gasteiger partial charge in [0.05, 0.1) is 54.1 Å². The molecule has 0 unspecified atom stereocenters. The number of cyclic esters (lactones) is 1. The lowest BCUT2D eigenvalue weighted by Gasteiger charge is -2.45. The predicted molar refractivity (Wildman–Crippen MR) is 182 cm³/mol. The Morgan fingerprint density at radius 3 is 2.30 bits per heavy atom. The Bertz CT molecular complexity index is 1250. The van der Waals surface area contributed by atoms with Crippen LogP contribution in [0.25, 0.3) is 0 Å². The van der Waals surface area contributed by atoms with Crippen molar-refractivity contribution in [3.63, 3.8) is 0 Å². The molecule has 14 atom stereocenters. The summed E-state index contributed by atoms with van der Waals surface area (Å²) in [6.45, 7) is 3.34. The first-order chi connectivity index (χ1) is 23.7. The van der Waals surface area contributed by atoms with Crippen molar-refractivity contribution in [2.24, 2.45) is 11.7 Å². The fraction of sp³-hybridized carbons (Fsp3) is 0.647. The highest BCUT2D eigenvalue weighted by molar-refractivity contribution is 6.40. The molecule has 0 saturated carbocycles. The molecule has 16 heteroatoms. The molecule has 4 heterocycles. The predicted octanol–water partition coefficient (Wildman–Crippen LogP) is 1.54. The van der Waals surface area contributed by atoms with Gasteiger partial charge < -0.3 is 60.1 Å². The zero-order valence-electron chi connectivity index (χ0n) is 27.9. The van der Waals surface area contributed by atoms with Crippen LogP contribution in [0.5, 0.6) is 0 Å². The Morgan fingerprint density at radius 1 is 0.960 bits per heavy atom. The number of aliphatic hydroxyl groups excluding tert-OH is 4. The average Bonchev–Trinajstić information content (AvgIpc) is 3.76. The Balaban J connectivity index is 0.00000217. The average molecular weight is 751 g/mol. The molecule has 3 saturated heterocycles. The Labute approximate surface area is 301 Å². The lowest BCUT2D eigenvalue weighted by molar-refractivity contribution is -0.308. The maximum atomic E-state index is 12.3. The van der Waals surface area contributed by atoms with Gasteiger partial charge in [-0.05, 0) is 19.9 Å². The molecule has 50 heavy (non-hydrogen) atoms. The zero-order valence-corrected chi connectivity index (χ0v) is 29.4. The zero-order chi connectivity index (χ0) is 37.0. The van der Waals surface area contributed by atoms with Crippen LogP contribution in [0.4, 0.5) is 0 Å². The minimum atomic E-state index is -2.10. The van der Waals surface area contributed by atoms with E-state index in [9.17, 15) is 40.2 Å². The summed E-state index contributed by atoms with van der Waals surface area (Å²) in [5, 5.41) is 64.1. The summed E-state index contributed by atoms with van der Waals surface area (Å²) in [7, 11) is 0. The minimum absolute atomic E-state index is 0.0789. The molecule has 282 valence electrons. The minimum Gasteiger partial charge on any atom is -0.481 e. The van der Waals surface area contributed by atoms with Crippen molar-refractivity contribution in [3.05, 3.63) is 60.8 Å². The molecule has 0 aromatic carbocycles. The lowest BCUT2D eigenvalue weighted by Crippen LogP contribution is -2.61. The summed E-state index contributed by atoms with van der Waals surface area (Å²) >= 11 is 9.53. The first-order valence-corrected chi connectivity index (χ1v) is 17.5. The van der Waals surface area contributed by atoms with Gasteiger partial charge >= 0.3 is 11.9 Å². The Kier molecular flexibility index (Phi) is 17.0. The van der Waals surface area contributed by atoms with Crippen LogP contribution in [-0.2, 0) is 33.3 Å². The smallest absolute Gasteiger partial charge is 0.330 e. The quantitative estimate of drug-likeness (QED) is 0.123. The van der Waals surface area contributed by atoms with Crippen molar-refractivity contribution in [1.29, 1.82) is 0 Å². The van der Waals surface area contributed by atoms with Crippen LogP contribution in [0.15, 0.2) is 60.8 Å². The van der Waals surface area contributed by atoms with E-state index < -0.39 is 97.3 Å². The molecular weight excluding hydrogens is 701 g/mol. The van der Waals surface area contributed by atoms with E-state index in [1.54, 1.807) is 56.4 Å². The summed E-state index contributed by atoms with van der Waals surface area (Å²) in [5.74, 6) is -5.45. The highest BCUT2D eigenvalue weighted by Crippen LogP contribution is 2.39. The van der Waals surface area contributed by atoms with Gasteiger partial charge in [-0.1, -0.05) is 48.6 Å². The van der Waals surface area contributed by atoms with E-state index in [1.165, 1.54) is 12.2 Å². The number of fused-ring (bicyclic) bond motifs is 3. The number of alkyl halides is 2. The molecule has 3 fully saturated rings. The molecule has 0 amide bonds. The molecule has 0 aromatic rings. The van der Waals surface area contributed by atoms with Gasteiger partial charge in [-0.3, -0.25) is 4.79 Å². The second-order valence-corrected chi connectivity index (χ2v) is 13.5. The van der Waals surface area contributed by atoms with E-state index >= 15 is 0 Å². The highest BCUT2D eigenvalue weighted by Gasteiger charge is 2.51. The van der Waals surface area contributed by atoms with Crippen LogP contribution in [0.3, 0.4) is 0 Å². The van der Waals surface area contributed by atoms with Crippen LogP contribution >= 0.6 is 23.2 Å². The van der Waals surface area contributed by atoms with Crippen LogP contribution in [-0.4, -0.2) is 127 Å². The fourth-order valence-corrected chi connectivity index (χ4v) is 6.00. The van der Waals surface area contributed by atoms with Gasteiger partial charge in [-0.25, -0.2) is 4.79 Å². The van der Waals surface area contributed by atoms with Crippen LogP contribution in [0.2, 0.25) is 0 Å². The second kappa shape index (κ2) is 20.2. The number of epoxide rings is 1. The number of aliphatic carboxylic acids is 1. The number of ether oxygens (including phenoxy) is 5. The normalized spacial score (nSPS) is 44.8. The third kappa shape index (κ3) is 13.1. The number of aliphatic hydroxyl groups is 5. The molecule has 0 spiro atoms. The third-order valence-electron chi connectivity index (χ3n) is 8.58. The molecule has 8 N–H and O–H groups in total. The molecule has 4 rings (SSSR count). The molecule has 0 aliphatic carbocycles. The molecule has 2 bridgehead atoms. The number of halogens is 2. The number of carbonyl (C=O) groups is 2. The molecule has 0 aromatic heterocycles. The summed E-state index contributed by atoms with van der Waals surface area (Å²) in [4.78, 5) is 24.4. The van der Waals surface area contributed by atoms with E-state index in [4.69, 9.17) is 52.6 Å². The van der Waals surface area contributed by atoms with E-state index in [2.05, 4.69) is 0 Å². The number of carboxylic acid groups (broad SMARTS) is 1. The van der Waals surface area contributed by atoms with Crippen molar-refractivity contribution < 1.29 is 63.9 Å². The SMILES string of the molecule is C[C@@H]1C/C=C/C=C/C=C/C=C/[C@H](O[C@@H]2O[C@H](C)[C@@H](O)[C@H](N)[C@@H]2O)C[C@@H]2O[C@](O)(C[C@@H](O)C[C@H]3O[C@@H]3/C=C/C(=O)O1)C[C@H](O)[C@H]2C(=O)O.ClCCl. The number of carboxylic acids is 1. The van der Waals surface area contributed by atoms with Crippen molar-refractivity contribution in [2.75, 3.05) is 5.34 Å². The first-order valence-electron chi connectivity index (χ1n) is 16.4. The standard InChI is InChI=1S/C33H47NO13.CH2Cl2/c1-18-10-8-6-4-3-5-7-9-11-21(45-32-30(39)28(34)29(38)19(2)44-32)15-25-27(31(40)41)22(36)17-33(42,47-25)16-20(35)14-24-23(46-24)12-13-26(37)43-18;2-1-3/h3-9,11-13,18-25,27-30,32,35-36,38-39,42H,10,14-17,34H2,1-2H3,(H,40,41);1H2/b4-3+,7-5+,8-6+,11-9+,13-12+;/t18-,19-,20+,21+,22+,23-,24-,25+,27-,28+,29-,30+,32+,33-;/m1./s1. The fourth-order valence-electron chi connectivity index (χ4n) is 6.00. The van der Waals surface area contributed by atoms with Crippen LogP contribution in [0, 0.1) is 5.92 Å². The molecule has 0 radical (unpaired) electrons. The largest absolute Gasteiger partial charge is 0.481 e. The van der Waals surface area contributed by atoms with Gasteiger partial charge in [-0.15, -0.1) is 23.2 Å². The van der Waals surface area contributed by atoms with Gasteiger partial charge in [0.2, 0.25) is 0 Å². The van der Waals surface area contributed by atoms with Crippen molar-refractivity contribution >= 4 is 35.1 Å². The maximum absolute atomic E-state index is 12.3. The van der Waals surface area contributed by atoms with Crippen LogP contribution < -0.4 is 5.73 Å². The number of allylic oxidation sites excluding steroid dienone is 6. The van der Waals surface area contributed by atoms with Gasteiger partial charge in [0.15, 0.2) is 12.1 Å². The van der Waals surface area contributed by atoms with E-state index in [1.807, 2.05) is 6.08 Å². The molecular formula is C34H49Cl2NO13. The van der Waals surface area contributed by atoms with E-state index in [0.29, 0.717) is 6.42 Å². The van der Waals surface area contributed by atoms with E-state index in [0.717, 1.165) is 0 Å². The first kappa shape index (κ1) is 42.2. The summed E-state index contributed by atoms with van der Waals surface area (Å²) < 4.78 is 28.5. The number of rotatable bonds is 3. The summed E-state index contributed by atoms with van der Waals surface area (Å²) in [6.07, 6.45) is 5.25. The lowest BCUT2D eigenvalue weighted by atomic mass is 9.83. The monoisotopic (exact) mass is 749 g/mol. The topological polar surface area (TPSA) is 231 Å². The Hall–Kier alpha value is -2.18. The van der Waals surface area contributed by atoms with Crippen molar-refractivity contribution in [1.82, 2.24) is 0 Å². The van der Waals surface area contributed by atoms with Crippen molar-refractivity contribution in [2.45, 2.75) is 125 Å². The van der Waals surface area contributed by atoms with Gasteiger partial charge in [0, 0.05) is 38.2 Å². The maximum Gasteiger partial charge on any atom is 0.330 e. The number of nitrogens with two attached hydrogens (primary N) is 1. The number of carbonyl (C=O) groups excluding carboxylic acids is 1. The number of esters is 1. The number of hydrogen-bond acceptors (Lipinski definition) is 13. The van der Waals surface area contributed by atoms with Crippen LogP contribution in [0.1, 0.15) is 46.0 Å². The summed E-state index contributed by atoms with van der Waals surface area (Å²) in [6, 6.07) is -1.08. The van der Waals surface area contributed by atoms with Gasteiger partial charge in [0.25, 0.3) is 0 Å². The molecule has 14 nitrogen and oxygen atoms in total. The van der Waals surface area contributed by atoms with Crippen molar-refractivity contribution in [3.8, 4) is 0 Å². The third-order valence-corrected chi connectivity index (χ3v) is 8.58. The summed E-state index contributed by atoms with van der Waals surface area (Å²) in [5.41, 5.74) is 5.98. The van der Waals surface area contributed by atoms with Gasteiger partial charge in [0.1, 0.15) is 24.2 Å². The Morgan fingerprint density at radius 2 is 1.62 bits per heavy atom. The molecule has 4 aliphatic heterocycles. The van der Waals surface area contributed by atoms with Gasteiger partial charge in [-0.2, -0.15) is 0 Å². The van der Waals surface area contributed by atoms with E-state index in [-0.39, 0.29) is 30.7 Å². The highest BCUT2D eigenvalue weighted by atomic mass is 35.5. The molecule has 4 aliphatic rings. The second-order valence-electron chi connectivity index (χ2n) is 12.7. The number of hydrogen-bond donors (Lipinski definition) is 7.